The molecular weight excluding hydrogens is 166 g/mol. The van der Waals surface area contributed by atoms with E-state index in [9.17, 15) is 0 Å². The van der Waals surface area contributed by atoms with E-state index in [0.717, 1.165) is 5.82 Å². The highest BCUT2D eigenvalue weighted by molar-refractivity contribution is 5.02. The molecule has 74 valence electrons. The van der Waals surface area contributed by atoms with E-state index in [4.69, 9.17) is 10.8 Å². The first kappa shape index (κ1) is 10.2. The van der Waals surface area contributed by atoms with E-state index in [0.29, 0.717) is 0 Å². The molecule has 3 N–H and O–H groups in total. The van der Waals surface area contributed by atoms with Crippen molar-refractivity contribution >= 4 is 0 Å². The molecule has 0 aliphatic rings. The summed E-state index contributed by atoms with van der Waals surface area (Å²) < 4.78 is 1.88. The lowest BCUT2D eigenvalue weighted by Crippen LogP contribution is -2.34. The molecule has 1 atom stereocenters. The predicted octanol–water partition coefficient (Wildman–Crippen LogP) is 0.438. The summed E-state index contributed by atoms with van der Waals surface area (Å²) in [6.07, 6.45) is 3.56. The van der Waals surface area contributed by atoms with Gasteiger partial charge < -0.3 is 15.4 Å². The molecule has 0 saturated carbocycles. The minimum Gasteiger partial charge on any atom is -0.396 e. The van der Waals surface area contributed by atoms with E-state index < -0.39 is 0 Å². The normalized spacial score (nSPS) is 14.5. The van der Waals surface area contributed by atoms with E-state index in [1.165, 1.54) is 0 Å². The highest BCUT2D eigenvalue weighted by Crippen LogP contribution is 2.28. The average Bonchev–Trinajstić information content (AvgIpc) is 2.50. The fourth-order valence-corrected chi connectivity index (χ4v) is 1.12. The van der Waals surface area contributed by atoms with Crippen LogP contribution in [-0.4, -0.2) is 21.3 Å². The molecule has 0 aliphatic carbocycles. The van der Waals surface area contributed by atoms with Gasteiger partial charge in [-0.05, 0) is 0 Å². The number of hydrogen-bond acceptors (Lipinski definition) is 3. The predicted molar refractivity (Wildman–Crippen MR) is 51.0 cm³/mol. The molecule has 13 heavy (non-hydrogen) atoms. The minimum atomic E-state index is -0.334. The second-order valence-electron chi connectivity index (χ2n) is 4.02. The van der Waals surface area contributed by atoms with Gasteiger partial charge in [0.2, 0.25) is 0 Å². The van der Waals surface area contributed by atoms with Crippen LogP contribution in [0, 0.1) is 5.41 Å². The van der Waals surface area contributed by atoms with E-state index >= 15 is 0 Å². The summed E-state index contributed by atoms with van der Waals surface area (Å²) in [6.45, 7) is 3.90. The number of hydrogen-bond donors (Lipinski definition) is 2. The van der Waals surface area contributed by atoms with Crippen LogP contribution < -0.4 is 5.73 Å². The Kier molecular flexibility index (Phi) is 2.73. The minimum absolute atomic E-state index is 0.0566. The van der Waals surface area contributed by atoms with Gasteiger partial charge in [-0.2, -0.15) is 0 Å². The molecule has 1 rings (SSSR count). The number of aliphatic hydroxyl groups excluding tert-OH is 1. The van der Waals surface area contributed by atoms with Gasteiger partial charge in [-0.25, -0.2) is 4.98 Å². The summed E-state index contributed by atoms with van der Waals surface area (Å²) in [5, 5.41) is 9.14. The van der Waals surface area contributed by atoms with Crippen LogP contribution in [0.1, 0.15) is 25.7 Å². The van der Waals surface area contributed by atoms with E-state index in [1.54, 1.807) is 6.20 Å². The summed E-state index contributed by atoms with van der Waals surface area (Å²) in [6, 6.07) is -0.238. The maximum Gasteiger partial charge on any atom is 0.126 e. The third-order valence-corrected chi connectivity index (χ3v) is 2.39. The molecule has 0 saturated heterocycles. The fourth-order valence-electron chi connectivity index (χ4n) is 1.12. The number of rotatable bonds is 3. The van der Waals surface area contributed by atoms with Crippen molar-refractivity contribution in [3.8, 4) is 0 Å². The Labute approximate surface area is 78.4 Å². The molecule has 1 aromatic rings. The molecule has 4 nitrogen and oxygen atoms in total. The van der Waals surface area contributed by atoms with Gasteiger partial charge in [0, 0.05) is 24.9 Å². The monoisotopic (exact) mass is 183 g/mol. The van der Waals surface area contributed by atoms with Gasteiger partial charge in [-0.1, -0.05) is 13.8 Å². The van der Waals surface area contributed by atoms with Crippen LogP contribution in [0.3, 0.4) is 0 Å². The quantitative estimate of drug-likeness (QED) is 0.714. The molecule has 1 aromatic heterocycles. The number of aromatic nitrogens is 2. The maximum absolute atomic E-state index is 9.14. The highest BCUT2D eigenvalue weighted by atomic mass is 16.3. The summed E-state index contributed by atoms with van der Waals surface area (Å²) in [7, 11) is 1.90. The molecule has 0 spiro atoms. The first-order valence-corrected chi connectivity index (χ1v) is 4.32. The third-order valence-electron chi connectivity index (χ3n) is 2.39. The molecule has 4 heteroatoms. The lowest BCUT2D eigenvalue weighted by atomic mass is 9.85. The van der Waals surface area contributed by atoms with Crippen molar-refractivity contribution in [2.45, 2.75) is 19.9 Å². The van der Waals surface area contributed by atoms with Crippen LogP contribution in [0.25, 0.3) is 0 Å². The first-order valence-electron chi connectivity index (χ1n) is 4.32. The summed E-state index contributed by atoms with van der Waals surface area (Å²) in [5.41, 5.74) is 5.65. The molecule has 1 unspecified atom stereocenters. The topological polar surface area (TPSA) is 64.1 Å². The summed E-state index contributed by atoms with van der Waals surface area (Å²) >= 11 is 0. The van der Waals surface area contributed by atoms with Gasteiger partial charge in [-0.15, -0.1) is 0 Å². The fraction of sp³-hybridized carbons (Fsp3) is 0.667. The van der Waals surface area contributed by atoms with Gasteiger partial charge in [0.15, 0.2) is 0 Å². The smallest absolute Gasteiger partial charge is 0.126 e. The number of nitrogens with two attached hydrogens (primary N) is 1. The van der Waals surface area contributed by atoms with Crippen LogP contribution >= 0.6 is 0 Å². The van der Waals surface area contributed by atoms with Crippen LogP contribution in [0.15, 0.2) is 12.4 Å². The van der Waals surface area contributed by atoms with Crippen molar-refractivity contribution in [1.82, 2.24) is 9.55 Å². The van der Waals surface area contributed by atoms with E-state index in [-0.39, 0.29) is 18.1 Å². The van der Waals surface area contributed by atoms with Crippen molar-refractivity contribution in [3.63, 3.8) is 0 Å². The zero-order valence-electron chi connectivity index (χ0n) is 8.36. The Balaban J connectivity index is 2.91. The van der Waals surface area contributed by atoms with Crippen LogP contribution in [0.4, 0.5) is 0 Å². The first-order chi connectivity index (χ1) is 5.99. The lowest BCUT2D eigenvalue weighted by molar-refractivity contribution is 0.128. The lowest BCUT2D eigenvalue weighted by Gasteiger charge is -2.28. The largest absolute Gasteiger partial charge is 0.396 e. The Bertz CT molecular complexity index is 280. The number of nitrogens with zero attached hydrogens (tertiary/aromatic N) is 2. The van der Waals surface area contributed by atoms with Crippen molar-refractivity contribution in [3.05, 3.63) is 18.2 Å². The number of imidazole rings is 1. The molecule has 0 bridgehead atoms. The Morgan fingerprint density at radius 3 is 2.69 bits per heavy atom. The molecule has 0 aromatic carbocycles. The van der Waals surface area contributed by atoms with Gasteiger partial charge in [0.1, 0.15) is 5.82 Å². The van der Waals surface area contributed by atoms with Crippen LogP contribution in [0.2, 0.25) is 0 Å². The molecule has 0 aliphatic heterocycles. The molecule has 1 heterocycles. The molecule has 0 radical (unpaired) electrons. The van der Waals surface area contributed by atoms with Gasteiger partial charge in [-0.3, -0.25) is 0 Å². The van der Waals surface area contributed by atoms with Crippen LogP contribution in [0.5, 0.6) is 0 Å². The van der Waals surface area contributed by atoms with Gasteiger partial charge in [0.05, 0.1) is 12.6 Å². The maximum atomic E-state index is 9.14. The van der Waals surface area contributed by atoms with Gasteiger partial charge in [0.25, 0.3) is 0 Å². The van der Waals surface area contributed by atoms with Crippen LogP contribution in [-0.2, 0) is 7.05 Å². The van der Waals surface area contributed by atoms with Gasteiger partial charge >= 0.3 is 0 Å². The Hall–Kier alpha value is -0.870. The highest BCUT2D eigenvalue weighted by Gasteiger charge is 2.29. The molecule has 0 fully saturated rings. The number of aliphatic hydroxyl groups is 1. The Morgan fingerprint density at radius 1 is 1.69 bits per heavy atom. The standard InChI is InChI=1S/C9H17N3O/c1-9(2,6-13)7(10)8-11-4-5-12(8)3/h4-5,7,13H,6,10H2,1-3H3. The van der Waals surface area contributed by atoms with Crippen molar-refractivity contribution in [2.24, 2.45) is 18.2 Å². The SMILES string of the molecule is Cn1ccnc1C(N)C(C)(C)CO. The average molecular weight is 183 g/mol. The third kappa shape index (κ3) is 1.89. The Morgan fingerprint density at radius 2 is 2.31 bits per heavy atom. The zero-order valence-corrected chi connectivity index (χ0v) is 8.36. The number of aryl methyl sites for hydroxylation is 1. The zero-order chi connectivity index (χ0) is 10.1. The van der Waals surface area contributed by atoms with Crippen molar-refractivity contribution < 1.29 is 5.11 Å². The summed E-state index contributed by atoms with van der Waals surface area (Å²) in [4.78, 5) is 4.16. The molecular formula is C9H17N3O. The second-order valence-corrected chi connectivity index (χ2v) is 4.02. The molecule has 0 amide bonds. The second kappa shape index (κ2) is 3.47. The van der Waals surface area contributed by atoms with Crippen molar-refractivity contribution in [2.75, 3.05) is 6.61 Å². The van der Waals surface area contributed by atoms with E-state index in [2.05, 4.69) is 4.98 Å². The summed E-state index contributed by atoms with van der Waals surface area (Å²) in [5.74, 6) is 0.805. The van der Waals surface area contributed by atoms with E-state index in [1.807, 2.05) is 31.7 Å². The van der Waals surface area contributed by atoms with Crippen molar-refractivity contribution in [1.29, 1.82) is 0 Å².